The molecule has 0 spiro atoms. The molecule has 110 valence electrons. The second kappa shape index (κ2) is 6.17. The van der Waals surface area contributed by atoms with Gasteiger partial charge in [-0.2, -0.15) is 11.8 Å². The first kappa shape index (κ1) is 16.0. The van der Waals surface area contributed by atoms with Gasteiger partial charge in [-0.15, -0.1) is 12.6 Å². The molecule has 1 aliphatic rings. The lowest BCUT2D eigenvalue weighted by molar-refractivity contribution is 0.0749. The molecule has 0 N–H and O–H groups in total. The van der Waals surface area contributed by atoms with Gasteiger partial charge in [0.05, 0.1) is 10.6 Å². The second-order valence-electron chi connectivity index (χ2n) is 4.52. The highest BCUT2D eigenvalue weighted by molar-refractivity contribution is 8.00. The Morgan fingerprint density at radius 3 is 2.85 bits per heavy atom. The topological polar surface area (TPSA) is 54.5 Å². The number of amides is 1. The lowest BCUT2D eigenvalue weighted by Crippen LogP contribution is -2.49. The summed E-state index contributed by atoms with van der Waals surface area (Å²) in [5, 5.41) is -0.494. The summed E-state index contributed by atoms with van der Waals surface area (Å²) in [4.78, 5) is 14.6. The number of thioether (sulfide) groups is 1. The highest BCUT2D eigenvalue weighted by Crippen LogP contribution is 2.26. The van der Waals surface area contributed by atoms with Gasteiger partial charge in [-0.1, -0.05) is 11.6 Å². The van der Waals surface area contributed by atoms with E-state index in [-0.39, 0.29) is 5.91 Å². The average Bonchev–Trinajstić information content (AvgIpc) is 2.40. The van der Waals surface area contributed by atoms with Gasteiger partial charge in [0.25, 0.3) is 5.91 Å². The third kappa shape index (κ3) is 3.44. The lowest BCUT2D eigenvalue weighted by Gasteiger charge is -2.34. The molecule has 1 aromatic carbocycles. The van der Waals surface area contributed by atoms with Crippen molar-refractivity contribution in [3.8, 4) is 0 Å². The van der Waals surface area contributed by atoms with Gasteiger partial charge in [0, 0.05) is 29.2 Å². The van der Waals surface area contributed by atoms with E-state index in [0.29, 0.717) is 27.8 Å². The maximum Gasteiger partial charge on any atom is 0.256 e. The van der Waals surface area contributed by atoms with Gasteiger partial charge in [-0.05, 0) is 18.2 Å². The fraction of sp³-hybridized carbons (Fsp3) is 0.417. The zero-order valence-electron chi connectivity index (χ0n) is 10.7. The summed E-state index contributed by atoms with van der Waals surface area (Å²) in [5.74, 6) is 0.750. The van der Waals surface area contributed by atoms with Crippen LogP contribution in [0, 0.1) is 0 Å². The zero-order valence-corrected chi connectivity index (χ0v) is 14.0. The van der Waals surface area contributed by atoms with Crippen molar-refractivity contribution in [2.24, 2.45) is 0 Å². The summed E-state index contributed by atoms with van der Waals surface area (Å²) in [6, 6.07) is 4.84. The molecule has 1 amide bonds. The first-order chi connectivity index (χ1) is 9.30. The molecule has 1 aliphatic heterocycles. The van der Waals surface area contributed by atoms with E-state index in [1.807, 2.05) is 0 Å². The van der Waals surface area contributed by atoms with Crippen molar-refractivity contribution in [1.82, 2.24) is 4.90 Å². The standard InChI is InChI=1S/C12H14ClNO3S3/c1-20(16,17)11-7-19-5-4-14(11)12(15)9-6-8(18)2-3-10(9)13/h2-3,6,11,18H,4-5,7H2,1H3. The molecular formula is C12H14ClNO3S3. The highest BCUT2D eigenvalue weighted by atomic mass is 35.5. The first-order valence-corrected chi connectivity index (χ1v) is 9.80. The second-order valence-corrected chi connectivity index (χ2v) is 8.80. The molecule has 1 unspecified atom stereocenters. The van der Waals surface area contributed by atoms with E-state index >= 15 is 0 Å². The summed E-state index contributed by atoms with van der Waals surface area (Å²) >= 11 is 11.8. The number of sulfone groups is 1. The molecule has 1 heterocycles. The molecule has 0 aliphatic carbocycles. The Morgan fingerprint density at radius 2 is 2.20 bits per heavy atom. The Balaban J connectivity index is 2.37. The van der Waals surface area contributed by atoms with Gasteiger partial charge in [0.2, 0.25) is 0 Å². The Labute approximate surface area is 133 Å². The number of hydrogen-bond acceptors (Lipinski definition) is 5. The van der Waals surface area contributed by atoms with Crippen molar-refractivity contribution in [3.05, 3.63) is 28.8 Å². The summed E-state index contributed by atoms with van der Waals surface area (Å²) in [6.07, 6.45) is 1.15. The Kier molecular flexibility index (Phi) is 4.94. The van der Waals surface area contributed by atoms with Crippen LogP contribution in [0.15, 0.2) is 23.1 Å². The van der Waals surface area contributed by atoms with Crippen molar-refractivity contribution in [1.29, 1.82) is 0 Å². The SMILES string of the molecule is CS(=O)(=O)C1CSCCN1C(=O)c1cc(S)ccc1Cl. The largest absolute Gasteiger partial charge is 0.320 e. The Hall–Kier alpha value is -0.370. The summed E-state index contributed by atoms with van der Waals surface area (Å²) < 4.78 is 23.7. The molecule has 4 nitrogen and oxygen atoms in total. The van der Waals surface area contributed by atoms with Gasteiger partial charge >= 0.3 is 0 Å². The van der Waals surface area contributed by atoms with E-state index in [4.69, 9.17) is 11.6 Å². The minimum absolute atomic E-state index is 0.291. The van der Waals surface area contributed by atoms with E-state index in [1.165, 1.54) is 16.7 Å². The van der Waals surface area contributed by atoms with Crippen LogP contribution in [-0.2, 0) is 9.84 Å². The summed E-state index contributed by atoms with van der Waals surface area (Å²) in [7, 11) is -3.33. The molecule has 2 rings (SSSR count). The molecule has 1 aromatic rings. The van der Waals surface area contributed by atoms with Crippen LogP contribution >= 0.6 is 36.0 Å². The van der Waals surface area contributed by atoms with Crippen molar-refractivity contribution in [2.75, 3.05) is 24.3 Å². The van der Waals surface area contributed by atoms with Crippen molar-refractivity contribution >= 4 is 51.7 Å². The molecule has 1 fully saturated rings. The minimum Gasteiger partial charge on any atom is -0.320 e. The molecule has 8 heteroatoms. The van der Waals surface area contributed by atoms with Gasteiger partial charge in [0.1, 0.15) is 5.37 Å². The summed E-state index contributed by atoms with van der Waals surface area (Å²) in [5.41, 5.74) is 0.291. The number of benzene rings is 1. The molecule has 0 aromatic heterocycles. The fourth-order valence-electron chi connectivity index (χ4n) is 2.00. The van der Waals surface area contributed by atoms with Crippen LogP contribution in [0.4, 0.5) is 0 Å². The predicted molar refractivity (Wildman–Crippen MR) is 85.7 cm³/mol. The average molecular weight is 352 g/mol. The highest BCUT2D eigenvalue weighted by Gasteiger charge is 2.35. The van der Waals surface area contributed by atoms with E-state index in [2.05, 4.69) is 12.6 Å². The number of thiol groups is 1. The maximum atomic E-state index is 12.6. The number of rotatable bonds is 2. The van der Waals surface area contributed by atoms with Crippen molar-refractivity contribution < 1.29 is 13.2 Å². The van der Waals surface area contributed by atoms with Crippen LogP contribution in [0.25, 0.3) is 0 Å². The van der Waals surface area contributed by atoms with Crippen molar-refractivity contribution in [3.63, 3.8) is 0 Å². The van der Waals surface area contributed by atoms with Gasteiger partial charge in [-0.25, -0.2) is 8.42 Å². The minimum atomic E-state index is -3.33. The van der Waals surface area contributed by atoms with Gasteiger partial charge in [0.15, 0.2) is 9.84 Å². The summed E-state index contributed by atoms with van der Waals surface area (Å²) in [6.45, 7) is 0.397. The van der Waals surface area contributed by atoms with Crippen molar-refractivity contribution in [2.45, 2.75) is 10.3 Å². The zero-order chi connectivity index (χ0) is 14.9. The van der Waals surface area contributed by atoms with E-state index < -0.39 is 15.2 Å². The van der Waals surface area contributed by atoms with Gasteiger partial charge < -0.3 is 4.90 Å². The number of hydrogen-bond donors (Lipinski definition) is 1. The van der Waals surface area contributed by atoms with Crippen LogP contribution in [0.5, 0.6) is 0 Å². The Morgan fingerprint density at radius 1 is 1.50 bits per heavy atom. The quantitative estimate of drug-likeness (QED) is 0.830. The predicted octanol–water partition coefficient (Wildman–Crippen LogP) is 2.19. The smallest absolute Gasteiger partial charge is 0.256 e. The fourth-order valence-corrected chi connectivity index (χ4v) is 5.22. The Bertz CT molecular complexity index is 633. The lowest BCUT2D eigenvalue weighted by atomic mass is 10.2. The molecule has 0 bridgehead atoms. The van der Waals surface area contributed by atoms with Crippen LogP contribution < -0.4 is 0 Å². The number of carbonyl (C=O) groups excluding carboxylic acids is 1. The van der Waals surface area contributed by atoms with E-state index in [1.54, 1.807) is 18.2 Å². The van der Waals surface area contributed by atoms with E-state index in [9.17, 15) is 13.2 Å². The molecule has 1 atom stereocenters. The van der Waals surface area contributed by atoms with Crippen LogP contribution in [0.2, 0.25) is 5.02 Å². The third-order valence-electron chi connectivity index (χ3n) is 3.02. The first-order valence-electron chi connectivity index (χ1n) is 5.87. The molecular weight excluding hydrogens is 338 g/mol. The van der Waals surface area contributed by atoms with Gasteiger partial charge in [-0.3, -0.25) is 4.79 Å². The number of halogens is 1. The maximum absolute atomic E-state index is 12.6. The molecule has 0 saturated carbocycles. The molecule has 0 radical (unpaired) electrons. The third-order valence-corrected chi connectivity index (χ3v) is 6.27. The molecule has 1 saturated heterocycles. The number of nitrogens with zero attached hydrogens (tertiary/aromatic N) is 1. The monoisotopic (exact) mass is 351 g/mol. The van der Waals surface area contributed by atoms with Crippen LogP contribution in [0.3, 0.4) is 0 Å². The van der Waals surface area contributed by atoms with Crippen LogP contribution in [0.1, 0.15) is 10.4 Å². The van der Waals surface area contributed by atoms with Crippen LogP contribution in [-0.4, -0.2) is 48.9 Å². The van der Waals surface area contributed by atoms with E-state index in [0.717, 1.165) is 12.0 Å². The number of carbonyl (C=O) groups is 1. The normalized spacial score (nSPS) is 19.9. The molecule has 20 heavy (non-hydrogen) atoms.